The monoisotopic (exact) mass is 347 g/mol. The molecule has 2 atom stereocenters. The predicted molar refractivity (Wildman–Crippen MR) is 97.2 cm³/mol. The maximum absolute atomic E-state index is 10.9. The van der Waals surface area contributed by atoms with Crippen molar-refractivity contribution in [1.82, 2.24) is 4.90 Å². The van der Waals surface area contributed by atoms with Crippen LogP contribution in [0.2, 0.25) is 0 Å². The number of nitrogens with zero attached hydrogens (tertiary/aromatic N) is 1. The van der Waals surface area contributed by atoms with Gasteiger partial charge in [0.15, 0.2) is 0 Å². The Hall–Kier alpha value is -1.56. The fraction of sp³-hybridized carbons (Fsp3) is 0.600. The topological polar surface area (TPSA) is 51.2 Å². The van der Waals surface area contributed by atoms with E-state index in [0.29, 0.717) is 19.1 Å². The Morgan fingerprint density at radius 3 is 2.40 bits per heavy atom. The molecular formula is C20H29NO4. The lowest BCUT2D eigenvalue weighted by Gasteiger charge is -2.49. The van der Waals surface area contributed by atoms with Gasteiger partial charge in [0.25, 0.3) is 0 Å². The van der Waals surface area contributed by atoms with Gasteiger partial charge >= 0.3 is 0 Å². The highest BCUT2D eigenvalue weighted by molar-refractivity contribution is 5.31. The molecule has 3 saturated heterocycles. The Labute approximate surface area is 150 Å². The van der Waals surface area contributed by atoms with Crippen LogP contribution < -0.4 is 9.47 Å². The number of ether oxygens (including phenoxy) is 3. The summed E-state index contributed by atoms with van der Waals surface area (Å²) in [5, 5.41) is 10.9. The highest BCUT2D eigenvalue weighted by Gasteiger charge is 2.45. The van der Waals surface area contributed by atoms with Crippen LogP contribution in [0.5, 0.6) is 11.5 Å². The van der Waals surface area contributed by atoms with Crippen molar-refractivity contribution < 1.29 is 19.3 Å². The van der Waals surface area contributed by atoms with Crippen LogP contribution in [0.3, 0.4) is 0 Å². The summed E-state index contributed by atoms with van der Waals surface area (Å²) < 4.78 is 16.9. The van der Waals surface area contributed by atoms with E-state index in [2.05, 4.69) is 11.5 Å². The summed E-state index contributed by atoms with van der Waals surface area (Å²) in [6, 6.07) is 7.54. The number of piperidine rings is 3. The van der Waals surface area contributed by atoms with Gasteiger partial charge in [-0.25, -0.2) is 0 Å². The van der Waals surface area contributed by atoms with Crippen LogP contribution in [-0.4, -0.2) is 61.7 Å². The van der Waals surface area contributed by atoms with E-state index in [9.17, 15) is 5.11 Å². The van der Waals surface area contributed by atoms with Gasteiger partial charge in [0.05, 0.1) is 6.10 Å². The molecule has 1 aromatic carbocycles. The molecule has 5 nitrogen and oxygen atoms in total. The average Bonchev–Trinajstić information content (AvgIpc) is 2.65. The third-order valence-electron chi connectivity index (χ3n) is 5.36. The molecule has 4 rings (SSSR count). The summed E-state index contributed by atoms with van der Waals surface area (Å²) in [4.78, 5) is 2.33. The number of methoxy groups -OCH3 is 1. The molecule has 5 heteroatoms. The normalized spacial score (nSPS) is 29.2. The molecule has 0 amide bonds. The molecule has 0 radical (unpaired) electrons. The first-order valence-electron chi connectivity index (χ1n) is 9.07. The van der Waals surface area contributed by atoms with E-state index in [1.54, 1.807) is 7.11 Å². The molecule has 1 N–H and O–H groups in total. The maximum Gasteiger partial charge on any atom is 0.119 e. The van der Waals surface area contributed by atoms with Crippen molar-refractivity contribution in [1.29, 1.82) is 0 Å². The smallest absolute Gasteiger partial charge is 0.119 e. The van der Waals surface area contributed by atoms with Gasteiger partial charge in [0.2, 0.25) is 0 Å². The van der Waals surface area contributed by atoms with Crippen LogP contribution in [0.1, 0.15) is 19.3 Å². The van der Waals surface area contributed by atoms with Gasteiger partial charge in [-0.15, -0.1) is 6.58 Å². The molecular weight excluding hydrogens is 318 g/mol. The fourth-order valence-electron chi connectivity index (χ4n) is 3.76. The molecule has 2 unspecified atom stereocenters. The van der Waals surface area contributed by atoms with E-state index < -0.39 is 5.60 Å². The van der Waals surface area contributed by atoms with Crippen LogP contribution in [0.4, 0.5) is 0 Å². The zero-order valence-corrected chi connectivity index (χ0v) is 15.0. The van der Waals surface area contributed by atoms with Crippen molar-refractivity contribution in [2.45, 2.75) is 31.0 Å². The van der Waals surface area contributed by atoms with Crippen LogP contribution in [0.15, 0.2) is 36.9 Å². The zero-order valence-electron chi connectivity index (χ0n) is 15.0. The summed E-state index contributed by atoms with van der Waals surface area (Å²) in [5.41, 5.74) is -0.720. The Bertz CT molecular complexity index is 553. The number of hydrogen-bond donors (Lipinski definition) is 1. The Morgan fingerprint density at radius 1 is 1.24 bits per heavy atom. The second kappa shape index (κ2) is 8.21. The van der Waals surface area contributed by atoms with Crippen molar-refractivity contribution in [2.24, 2.45) is 5.92 Å². The number of rotatable bonds is 9. The summed E-state index contributed by atoms with van der Waals surface area (Å²) >= 11 is 0. The number of hydrogen-bond acceptors (Lipinski definition) is 5. The highest BCUT2D eigenvalue weighted by atomic mass is 16.5. The minimum atomic E-state index is -0.720. The SMILES string of the molecule is C=CCC(COc1ccc(OCC2(O)CN3CCC2CC3)cc1)OC. The molecule has 3 fully saturated rings. The highest BCUT2D eigenvalue weighted by Crippen LogP contribution is 2.36. The number of aliphatic hydroxyl groups is 1. The van der Waals surface area contributed by atoms with Gasteiger partial charge in [0, 0.05) is 13.7 Å². The van der Waals surface area contributed by atoms with E-state index in [1.165, 1.54) is 0 Å². The van der Waals surface area contributed by atoms with Crippen LogP contribution in [0.25, 0.3) is 0 Å². The molecule has 0 spiro atoms. The Kier molecular flexibility index (Phi) is 5.99. The van der Waals surface area contributed by atoms with Crippen molar-refractivity contribution in [3.8, 4) is 11.5 Å². The maximum atomic E-state index is 10.9. The van der Waals surface area contributed by atoms with Crippen LogP contribution in [0, 0.1) is 5.92 Å². The molecule has 3 aliphatic heterocycles. The van der Waals surface area contributed by atoms with Gasteiger partial charge in [-0.2, -0.15) is 0 Å². The molecule has 3 heterocycles. The molecule has 0 aromatic heterocycles. The second-order valence-corrected chi connectivity index (χ2v) is 7.11. The lowest BCUT2D eigenvalue weighted by molar-refractivity contribution is -0.131. The summed E-state index contributed by atoms with van der Waals surface area (Å²) in [6.45, 7) is 7.48. The Balaban J connectivity index is 1.48. The molecule has 0 saturated carbocycles. The van der Waals surface area contributed by atoms with Crippen molar-refractivity contribution in [2.75, 3.05) is 40.0 Å². The van der Waals surface area contributed by atoms with Crippen molar-refractivity contribution in [3.05, 3.63) is 36.9 Å². The number of fused-ring (bicyclic) bond motifs is 3. The second-order valence-electron chi connectivity index (χ2n) is 7.11. The minimum Gasteiger partial charge on any atom is -0.491 e. The number of benzene rings is 1. The van der Waals surface area contributed by atoms with Gasteiger partial charge in [-0.1, -0.05) is 6.08 Å². The van der Waals surface area contributed by atoms with Gasteiger partial charge in [-0.05, 0) is 62.5 Å². The zero-order chi connectivity index (χ0) is 17.7. The third kappa shape index (κ3) is 4.54. The standard InChI is InChI=1S/C20H29NO4/c1-3-4-19(23-2)13-24-17-5-7-18(8-6-17)25-15-20(22)14-21-11-9-16(20)10-12-21/h3,5-8,16,19,22H,1,4,9-15H2,2H3. The molecule has 138 valence electrons. The van der Waals surface area contributed by atoms with Crippen LogP contribution >= 0.6 is 0 Å². The molecule has 3 aliphatic rings. The van der Waals surface area contributed by atoms with Gasteiger partial charge in [-0.3, -0.25) is 0 Å². The van der Waals surface area contributed by atoms with E-state index in [0.717, 1.165) is 50.4 Å². The summed E-state index contributed by atoms with van der Waals surface area (Å²) in [7, 11) is 1.67. The van der Waals surface area contributed by atoms with E-state index in [1.807, 2.05) is 30.3 Å². The van der Waals surface area contributed by atoms with Crippen molar-refractivity contribution in [3.63, 3.8) is 0 Å². The van der Waals surface area contributed by atoms with E-state index in [4.69, 9.17) is 14.2 Å². The van der Waals surface area contributed by atoms with E-state index >= 15 is 0 Å². The average molecular weight is 347 g/mol. The quantitative estimate of drug-likeness (QED) is 0.696. The molecule has 25 heavy (non-hydrogen) atoms. The van der Waals surface area contributed by atoms with E-state index in [-0.39, 0.29) is 6.10 Å². The fourth-order valence-corrected chi connectivity index (χ4v) is 3.76. The first-order chi connectivity index (χ1) is 12.1. The van der Waals surface area contributed by atoms with Gasteiger partial charge < -0.3 is 24.2 Å². The first kappa shape index (κ1) is 18.2. The van der Waals surface area contributed by atoms with Crippen LogP contribution in [-0.2, 0) is 4.74 Å². The molecule has 1 aromatic rings. The third-order valence-corrected chi connectivity index (χ3v) is 5.36. The lowest BCUT2D eigenvalue weighted by Crippen LogP contribution is -2.61. The lowest BCUT2D eigenvalue weighted by atomic mass is 9.76. The predicted octanol–water partition coefficient (Wildman–Crippen LogP) is 2.49. The molecule has 2 bridgehead atoms. The largest absolute Gasteiger partial charge is 0.491 e. The summed E-state index contributed by atoms with van der Waals surface area (Å²) in [5.74, 6) is 1.89. The van der Waals surface area contributed by atoms with Crippen molar-refractivity contribution >= 4 is 0 Å². The minimum absolute atomic E-state index is 0.0133. The van der Waals surface area contributed by atoms with Gasteiger partial charge in [0.1, 0.15) is 30.3 Å². The first-order valence-corrected chi connectivity index (χ1v) is 9.07. The summed E-state index contributed by atoms with van der Waals surface area (Å²) in [6.07, 6.45) is 4.73. The Morgan fingerprint density at radius 2 is 1.88 bits per heavy atom. The molecule has 0 aliphatic carbocycles.